The maximum Gasteiger partial charge on any atom is 0.414 e. The maximum atomic E-state index is 13.2. The van der Waals surface area contributed by atoms with E-state index in [2.05, 4.69) is 31.5 Å². The molecule has 1 saturated carbocycles. The summed E-state index contributed by atoms with van der Waals surface area (Å²) < 4.78 is 11.6. The Bertz CT molecular complexity index is 1040. The highest BCUT2D eigenvalue weighted by Crippen LogP contribution is 2.33. The molecule has 0 unspecified atom stereocenters. The number of rotatable bonds is 5. The van der Waals surface area contributed by atoms with Gasteiger partial charge in [-0.25, -0.2) is 4.79 Å². The number of aryl methyl sites for hydroxylation is 1. The summed E-state index contributed by atoms with van der Waals surface area (Å²) in [5.41, 5.74) is 1.71. The lowest BCUT2D eigenvalue weighted by Crippen LogP contribution is -2.55. The number of nitrogens with zero attached hydrogens (tertiary/aromatic N) is 1. The van der Waals surface area contributed by atoms with E-state index in [1.807, 2.05) is 25.1 Å². The first-order valence-electron chi connectivity index (χ1n) is 10.4. The van der Waals surface area contributed by atoms with E-state index in [4.69, 9.17) is 21.7 Å². The molecule has 7 nitrogen and oxygen atoms in total. The Morgan fingerprint density at radius 3 is 2.69 bits per heavy atom. The molecule has 10 heteroatoms. The Morgan fingerprint density at radius 1 is 1.25 bits per heavy atom. The first kappa shape index (κ1) is 23.2. The molecule has 0 spiro atoms. The third-order valence-electron chi connectivity index (χ3n) is 5.71. The van der Waals surface area contributed by atoms with Gasteiger partial charge in [0.25, 0.3) is 0 Å². The van der Waals surface area contributed by atoms with E-state index in [1.165, 1.54) is 11.3 Å². The fourth-order valence-electron chi connectivity index (χ4n) is 4.11. The summed E-state index contributed by atoms with van der Waals surface area (Å²) in [6.45, 7) is 3.77. The van der Waals surface area contributed by atoms with Crippen molar-refractivity contribution in [3.63, 3.8) is 0 Å². The Kier molecular flexibility index (Phi) is 7.14. The molecule has 1 aliphatic heterocycles. The Hall–Kier alpha value is -2.01. The zero-order chi connectivity index (χ0) is 22.7. The van der Waals surface area contributed by atoms with Crippen molar-refractivity contribution in [1.82, 2.24) is 5.32 Å². The van der Waals surface area contributed by atoms with Gasteiger partial charge in [0.15, 0.2) is 5.06 Å². The number of hydrogen-bond donors (Lipinski definition) is 2. The van der Waals surface area contributed by atoms with Crippen LogP contribution in [0.5, 0.6) is 5.06 Å². The zero-order valence-corrected chi connectivity index (χ0v) is 20.8. The van der Waals surface area contributed by atoms with Crippen LogP contribution in [-0.2, 0) is 9.53 Å². The Morgan fingerprint density at radius 2 is 2.03 bits per heavy atom. The van der Waals surface area contributed by atoms with Gasteiger partial charge in [0.2, 0.25) is 5.91 Å². The fraction of sp³-hybridized carbons (Fsp3) is 0.409. The van der Waals surface area contributed by atoms with E-state index < -0.39 is 11.6 Å². The minimum Gasteiger partial charge on any atom is -0.399 e. The Balaban J connectivity index is 1.45. The number of anilines is 2. The number of ether oxygens (including phenoxy) is 2. The number of amides is 2. The van der Waals surface area contributed by atoms with E-state index in [9.17, 15) is 9.59 Å². The largest absolute Gasteiger partial charge is 0.414 e. The average Bonchev–Trinajstić information content (AvgIpc) is 3.38. The molecule has 32 heavy (non-hydrogen) atoms. The van der Waals surface area contributed by atoms with Gasteiger partial charge in [0, 0.05) is 17.9 Å². The van der Waals surface area contributed by atoms with Crippen LogP contribution in [0.3, 0.4) is 0 Å². The van der Waals surface area contributed by atoms with Crippen LogP contribution in [0.2, 0.25) is 0 Å². The molecule has 2 aliphatic rings. The molecule has 1 aromatic carbocycles. The van der Waals surface area contributed by atoms with E-state index in [0.717, 1.165) is 32.9 Å². The highest BCUT2D eigenvalue weighted by molar-refractivity contribution is 9.11. The normalized spacial score (nSPS) is 17.8. The lowest BCUT2D eigenvalue weighted by molar-refractivity contribution is -0.122. The standard InChI is InChI=1S/C22H24BrN3O4S2/c1-14-12-15(4-5-16(14)26-10-11-29-13-18(26)31)24-20(27)22(8-2-3-9-22)25-21(28)30-19-7-6-17(23)32-19/h4-7,12H,2-3,8-11,13H2,1H3,(H,24,27)(H,25,28). The van der Waals surface area contributed by atoms with E-state index in [-0.39, 0.29) is 5.91 Å². The van der Waals surface area contributed by atoms with Crippen molar-refractivity contribution in [3.8, 4) is 5.06 Å². The third-order valence-corrected chi connectivity index (χ3v) is 7.55. The summed E-state index contributed by atoms with van der Waals surface area (Å²) >= 11 is 10.1. The lowest BCUT2D eigenvalue weighted by Gasteiger charge is -2.31. The molecular formula is C22H24BrN3O4S2. The minimum absolute atomic E-state index is 0.228. The van der Waals surface area contributed by atoms with Gasteiger partial charge in [-0.1, -0.05) is 36.4 Å². The van der Waals surface area contributed by atoms with Crippen LogP contribution in [-0.4, -0.2) is 42.3 Å². The second-order valence-electron chi connectivity index (χ2n) is 7.92. The summed E-state index contributed by atoms with van der Waals surface area (Å²) in [5.74, 6) is -0.228. The van der Waals surface area contributed by atoms with Crippen molar-refractivity contribution in [3.05, 3.63) is 39.7 Å². The highest BCUT2D eigenvalue weighted by atomic mass is 79.9. The first-order valence-corrected chi connectivity index (χ1v) is 12.4. The molecule has 1 saturated heterocycles. The number of thiocarbonyl (C=S) groups is 1. The van der Waals surface area contributed by atoms with Gasteiger partial charge in [-0.2, -0.15) is 0 Å². The SMILES string of the molecule is Cc1cc(NC(=O)C2(NC(=O)Oc3ccc(Br)s3)CCCC2)ccc1N1CCOCC1=S. The summed E-state index contributed by atoms with van der Waals surface area (Å²) in [6.07, 6.45) is 2.25. The molecule has 1 aliphatic carbocycles. The maximum absolute atomic E-state index is 13.2. The molecule has 2 N–H and O–H groups in total. The van der Waals surface area contributed by atoms with Crippen molar-refractivity contribution in [2.45, 2.75) is 38.1 Å². The van der Waals surface area contributed by atoms with Crippen LogP contribution in [0, 0.1) is 6.92 Å². The molecule has 4 rings (SSSR count). The van der Waals surface area contributed by atoms with Crippen molar-refractivity contribution in [1.29, 1.82) is 0 Å². The van der Waals surface area contributed by atoms with E-state index in [1.54, 1.807) is 12.1 Å². The van der Waals surface area contributed by atoms with Gasteiger partial charge in [0.05, 0.1) is 17.0 Å². The van der Waals surface area contributed by atoms with Gasteiger partial charge < -0.3 is 25.0 Å². The molecule has 170 valence electrons. The number of thiophene rings is 1. The van der Waals surface area contributed by atoms with Crippen LogP contribution >= 0.6 is 39.5 Å². The molecule has 0 bridgehead atoms. The van der Waals surface area contributed by atoms with Crippen LogP contribution in [0.1, 0.15) is 31.2 Å². The number of morpholine rings is 1. The molecule has 2 aromatic rings. The van der Waals surface area contributed by atoms with Gasteiger partial charge in [-0.05, 0) is 71.6 Å². The van der Waals surface area contributed by atoms with Crippen LogP contribution in [0.25, 0.3) is 0 Å². The summed E-state index contributed by atoms with van der Waals surface area (Å²) in [6, 6.07) is 9.26. The van der Waals surface area contributed by atoms with Gasteiger partial charge >= 0.3 is 6.09 Å². The average molecular weight is 538 g/mol. The molecule has 2 amide bonds. The monoisotopic (exact) mass is 537 g/mol. The number of carbonyl (C=O) groups is 2. The Labute approximate surface area is 204 Å². The second-order valence-corrected chi connectivity index (χ2v) is 10.8. The smallest absolute Gasteiger partial charge is 0.399 e. The zero-order valence-electron chi connectivity index (χ0n) is 17.6. The third kappa shape index (κ3) is 5.14. The molecular weight excluding hydrogens is 514 g/mol. The summed E-state index contributed by atoms with van der Waals surface area (Å²) in [5, 5.41) is 6.29. The summed E-state index contributed by atoms with van der Waals surface area (Å²) in [7, 11) is 0. The predicted octanol–water partition coefficient (Wildman–Crippen LogP) is 5.02. The van der Waals surface area contributed by atoms with Crippen LogP contribution < -0.4 is 20.3 Å². The van der Waals surface area contributed by atoms with Crippen molar-refractivity contribution in [2.75, 3.05) is 30.0 Å². The van der Waals surface area contributed by atoms with Gasteiger partial charge in [-0.15, -0.1) is 0 Å². The van der Waals surface area contributed by atoms with Gasteiger partial charge in [0.1, 0.15) is 10.5 Å². The molecule has 2 heterocycles. The van der Waals surface area contributed by atoms with E-state index in [0.29, 0.717) is 43.4 Å². The number of hydrogen-bond acceptors (Lipinski definition) is 6. The van der Waals surface area contributed by atoms with Gasteiger partial charge in [-0.3, -0.25) is 4.79 Å². The number of nitrogens with one attached hydrogen (secondary N) is 2. The van der Waals surface area contributed by atoms with Crippen molar-refractivity contribution < 1.29 is 19.1 Å². The van der Waals surface area contributed by atoms with Crippen LogP contribution in [0.15, 0.2) is 34.1 Å². The molecule has 0 radical (unpaired) electrons. The van der Waals surface area contributed by atoms with Crippen molar-refractivity contribution >= 4 is 67.8 Å². The number of benzene rings is 1. The quantitative estimate of drug-likeness (QED) is 0.521. The highest BCUT2D eigenvalue weighted by Gasteiger charge is 2.43. The van der Waals surface area contributed by atoms with Crippen LogP contribution in [0.4, 0.5) is 16.2 Å². The summed E-state index contributed by atoms with van der Waals surface area (Å²) in [4.78, 5) is 28.6. The molecule has 0 atom stereocenters. The first-order chi connectivity index (χ1) is 15.4. The number of halogens is 1. The molecule has 1 aromatic heterocycles. The predicted molar refractivity (Wildman–Crippen MR) is 133 cm³/mol. The topological polar surface area (TPSA) is 79.9 Å². The molecule has 2 fully saturated rings. The fourth-order valence-corrected chi connectivity index (χ4v) is 5.58. The minimum atomic E-state index is -0.982. The lowest BCUT2D eigenvalue weighted by atomic mass is 9.96. The number of carbonyl (C=O) groups excluding carboxylic acids is 2. The second kappa shape index (κ2) is 9.86. The van der Waals surface area contributed by atoms with E-state index >= 15 is 0 Å². The van der Waals surface area contributed by atoms with Crippen molar-refractivity contribution in [2.24, 2.45) is 0 Å².